The summed E-state index contributed by atoms with van der Waals surface area (Å²) in [6.07, 6.45) is 0.272. The first-order valence-corrected chi connectivity index (χ1v) is 4.87. The van der Waals surface area contributed by atoms with E-state index < -0.39 is 5.79 Å². The van der Waals surface area contributed by atoms with Crippen LogP contribution in [-0.4, -0.2) is 29.6 Å². The molecule has 0 aliphatic carbocycles. The lowest BCUT2D eigenvalue weighted by Crippen LogP contribution is -2.40. The van der Waals surface area contributed by atoms with E-state index in [1.54, 1.807) is 6.92 Å². The summed E-state index contributed by atoms with van der Waals surface area (Å²) in [4.78, 5) is 14.6. The molecule has 0 aromatic rings. The van der Waals surface area contributed by atoms with Crippen LogP contribution in [0.3, 0.4) is 0 Å². The van der Waals surface area contributed by atoms with Crippen molar-refractivity contribution in [1.82, 2.24) is 0 Å². The van der Waals surface area contributed by atoms with Gasteiger partial charge in [-0.2, -0.15) is 9.98 Å². The molecule has 0 fully saturated rings. The normalized spacial score (nSPS) is 15.7. The number of hydrogen-bond acceptors (Lipinski definition) is 3. The minimum atomic E-state index is -1.45. The van der Waals surface area contributed by atoms with E-state index in [-0.39, 0.29) is 30.3 Å². The van der Waals surface area contributed by atoms with Crippen molar-refractivity contribution in [3.05, 3.63) is 0 Å². The molecule has 0 rings (SSSR count). The fourth-order valence-corrected chi connectivity index (χ4v) is 0.894. The van der Waals surface area contributed by atoms with Crippen LogP contribution in [0.5, 0.6) is 0 Å². The first kappa shape index (κ1) is 15.4. The predicted octanol–water partition coefficient (Wildman–Crippen LogP) is -3.81. The molecule has 0 aliphatic rings. The zero-order valence-electron chi connectivity index (χ0n) is 10.0. The number of hydrogen-bond donors (Lipinski definition) is 7. The third-order valence-electron chi connectivity index (χ3n) is 1.62. The largest absolute Gasteiger partial charge is 0.370 e. The van der Waals surface area contributed by atoms with Crippen LogP contribution < -0.4 is 40.1 Å². The lowest BCUT2D eigenvalue weighted by molar-refractivity contribution is 0.451. The smallest absolute Gasteiger partial charge is 0.222 e. The summed E-state index contributed by atoms with van der Waals surface area (Å²) in [5.41, 5.74) is 37.2. The van der Waals surface area contributed by atoms with Crippen molar-refractivity contribution in [2.24, 2.45) is 60.1 Å². The number of nitrogens with zero attached hydrogens (tertiary/aromatic N) is 4. The Balaban J connectivity index is 5.27. The van der Waals surface area contributed by atoms with Crippen molar-refractivity contribution in [2.45, 2.75) is 19.1 Å². The Bertz CT molecular complexity index is 362. The van der Waals surface area contributed by atoms with Crippen LogP contribution in [0.4, 0.5) is 0 Å². The zero-order valence-corrected chi connectivity index (χ0v) is 10.0. The molecule has 0 unspecified atom stereocenters. The lowest BCUT2D eigenvalue weighted by atomic mass is 10.3. The molecule has 102 valence electrons. The minimum Gasteiger partial charge on any atom is -0.370 e. The summed E-state index contributed by atoms with van der Waals surface area (Å²) in [6.45, 7) is 1.71. The summed E-state index contributed by atoms with van der Waals surface area (Å²) >= 11 is 0. The van der Waals surface area contributed by atoms with Crippen LogP contribution in [0, 0.1) is 0 Å². The summed E-state index contributed by atoms with van der Waals surface area (Å²) in [5.74, 6) is -2.43. The SMILES string of the molecule is CCC(N)(N=C(N)N=C(N)N)N=C(N)N=C(N)N. The Morgan fingerprint density at radius 3 is 1.39 bits per heavy atom. The van der Waals surface area contributed by atoms with Crippen molar-refractivity contribution in [2.75, 3.05) is 0 Å². The monoisotopic (exact) mass is 257 g/mol. The molecular weight excluding hydrogens is 238 g/mol. The Kier molecular flexibility index (Phi) is 5.36. The van der Waals surface area contributed by atoms with Gasteiger partial charge in [-0.25, -0.2) is 9.98 Å². The molecule has 18 heavy (non-hydrogen) atoms. The molecule has 0 spiro atoms. The van der Waals surface area contributed by atoms with Crippen LogP contribution in [0.1, 0.15) is 13.3 Å². The fourth-order valence-electron chi connectivity index (χ4n) is 0.894. The first-order valence-electron chi connectivity index (χ1n) is 4.87. The molecule has 0 aromatic heterocycles. The van der Waals surface area contributed by atoms with Gasteiger partial charge in [-0.15, -0.1) is 0 Å². The van der Waals surface area contributed by atoms with Gasteiger partial charge in [-0.3, -0.25) is 5.73 Å². The highest BCUT2D eigenvalue weighted by Crippen LogP contribution is 2.10. The number of nitrogens with two attached hydrogens (primary N) is 7. The van der Waals surface area contributed by atoms with Gasteiger partial charge in [0.15, 0.2) is 11.9 Å². The molecule has 0 amide bonds. The highest BCUT2D eigenvalue weighted by molar-refractivity contribution is 5.93. The maximum atomic E-state index is 5.81. The highest BCUT2D eigenvalue weighted by atomic mass is 15.3. The molecule has 11 nitrogen and oxygen atoms in total. The van der Waals surface area contributed by atoms with E-state index >= 15 is 0 Å². The Hall–Kier alpha value is -2.56. The van der Waals surface area contributed by atoms with Crippen molar-refractivity contribution in [3.8, 4) is 0 Å². The fraction of sp³-hybridized carbons (Fsp3) is 0.429. The van der Waals surface area contributed by atoms with Crippen molar-refractivity contribution in [3.63, 3.8) is 0 Å². The van der Waals surface area contributed by atoms with Gasteiger partial charge in [-0.1, -0.05) is 6.92 Å². The van der Waals surface area contributed by atoms with Gasteiger partial charge in [0.1, 0.15) is 0 Å². The van der Waals surface area contributed by atoms with Crippen LogP contribution in [0.25, 0.3) is 0 Å². The third-order valence-corrected chi connectivity index (χ3v) is 1.62. The molecule has 0 saturated carbocycles. The van der Waals surface area contributed by atoms with Crippen molar-refractivity contribution < 1.29 is 0 Å². The average molecular weight is 257 g/mol. The Morgan fingerprint density at radius 1 is 0.833 bits per heavy atom. The Labute approximate surface area is 104 Å². The maximum Gasteiger partial charge on any atom is 0.222 e. The topological polar surface area (TPSA) is 232 Å². The minimum absolute atomic E-state index is 0.236. The van der Waals surface area contributed by atoms with Crippen molar-refractivity contribution >= 4 is 23.8 Å². The third kappa shape index (κ3) is 6.12. The molecule has 0 aromatic carbocycles. The van der Waals surface area contributed by atoms with E-state index in [1.165, 1.54) is 0 Å². The van der Waals surface area contributed by atoms with Gasteiger partial charge >= 0.3 is 0 Å². The zero-order chi connectivity index (χ0) is 14.3. The quantitative estimate of drug-likeness (QED) is 0.196. The molecule has 0 atom stereocenters. The second kappa shape index (κ2) is 6.24. The number of rotatable bonds is 3. The summed E-state index contributed by atoms with van der Waals surface area (Å²) in [7, 11) is 0. The average Bonchev–Trinajstić information content (AvgIpc) is 2.13. The number of guanidine groups is 4. The second-order valence-corrected chi connectivity index (χ2v) is 3.25. The van der Waals surface area contributed by atoms with Gasteiger partial charge in [0.25, 0.3) is 0 Å². The van der Waals surface area contributed by atoms with Crippen LogP contribution in [-0.2, 0) is 0 Å². The van der Waals surface area contributed by atoms with E-state index in [2.05, 4.69) is 20.0 Å². The van der Waals surface area contributed by atoms with E-state index in [0.717, 1.165) is 0 Å². The van der Waals surface area contributed by atoms with Crippen molar-refractivity contribution in [1.29, 1.82) is 0 Å². The number of aliphatic imine (C=N–C) groups is 4. The van der Waals surface area contributed by atoms with E-state index in [4.69, 9.17) is 40.1 Å². The van der Waals surface area contributed by atoms with Crippen LogP contribution in [0.15, 0.2) is 20.0 Å². The van der Waals surface area contributed by atoms with Gasteiger partial charge in [0.2, 0.25) is 17.7 Å². The van der Waals surface area contributed by atoms with Gasteiger partial charge in [0, 0.05) is 6.42 Å². The second-order valence-electron chi connectivity index (χ2n) is 3.25. The maximum absolute atomic E-state index is 5.81. The predicted molar refractivity (Wildman–Crippen MR) is 72.1 cm³/mol. The van der Waals surface area contributed by atoms with E-state index in [9.17, 15) is 0 Å². The standard InChI is InChI=1S/C7H19N11/c1-2-7(14,17-5(12)15-3(8)9)18-6(13)16-4(10)11/h2,14H2,1H3,(H6,8,9,12,15,17)(H6,10,11,13,16,18). The molecule has 0 bridgehead atoms. The molecular formula is C7H19N11. The molecule has 11 heteroatoms. The molecule has 0 heterocycles. The lowest BCUT2D eigenvalue weighted by Gasteiger charge is -2.18. The summed E-state index contributed by atoms with van der Waals surface area (Å²) in [5, 5.41) is 0. The summed E-state index contributed by atoms with van der Waals surface area (Å²) < 4.78 is 0. The van der Waals surface area contributed by atoms with E-state index in [0.29, 0.717) is 0 Å². The van der Waals surface area contributed by atoms with Gasteiger partial charge < -0.3 is 34.4 Å². The first-order chi connectivity index (χ1) is 8.18. The molecule has 0 aliphatic heterocycles. The summed E-state index contributed by atoms with van der Waals surface area (Å²) in [6, 6.07) is 0. The molecule has 0 radical (unpaired) electrons. The molecule has 14 N–H and O–H groups in total. The Morgan fingerprint density at radius 2 is 1.17 bits per heavy atom. The van der Waals surface area contributed by atoms with Gasteiger partial charge in [-0.05, 0) is 0 Å². The molecule has 0 saturated heterocycles. The van der Waals surface area contributed by atoms with Crippen LogP contribution >= 0.6 is 0 Å². The van der Waals surface area contributed by atoms with Crippen LogP contribution in [0.2, 0.25) is 0 Å². The highest BCUT2D eigenvalue weighted by Gasteiger charge is 2.21. The van der Waals surface area contributed by atoms with E-state index in [1.807, 2.05) is 0 Å². The van der Waals surface area contributed by atoms with Gasteiger partial charge in [0.05, 0.1) is 0 Å².